The number of thioether (sulfide) groups is 1. The lowest BCUT2D eigenvalue weighted by molar-refractivity contribution is -0.121. The van der Waals surface area contributed by atoms with Crippen LogP contribution in [0.15, 0.2) is 45.7 Å². The Labute approximate surface area is 126 Å². The average molecular weight is 299 g/mol. The van der Waals surface area contributed by atoms with Gasteiger partial charge in [-0.05, 0) is 30.8 Å². The molecule has 5 heteroatoms. The van der Waals surface area contributed by atoms with Crippen LogP contribution in [0.2, 0.25) is 0 Å². The molecule has 1 aliphatic rings. The summed E-state index contributed by atoms with van der Waals surface area (Å²) in [4.78, 5) is 24.7. The molecule has 4 nitrogen and oxygen atoms in total. The van der Waals surface area contributed by atoms with Crippen molar-refractivity contribution in [2.45, 2.75) is 6.92 Å². The molecule has 2 amide bonds. The Morgan fingerprint density at radius 3 is 2.43 bits per heavy atom. The topological polar surface area (TPSA) is 50.5 Å². The molecule has 21 heavy (non-hydrogen) atoms. The van der Waals surface area contributed by atoms with Gasteiger partial charge in [0.15, 0.2) is 0 Å². The highest BCUT2D eigenvalue weighted by atomic mass is 32.2. The van der Waals surface area contributed by atoms with Crippen molar-refractivity contribution >= 4 is 29.0 Å². The lowest BCUT2D eigenvalue weighted by Gasteiger charge is -2.00. The first-order valence-corrected chi connectivity index (χ1v) is 7.25. The maximum Gasteiger partial charge on any atom is 0.293 e. The number of hydrogen-bond donors (Lipinski definition) is 0. The van der Waals surface area contributed by atoms with Crippen molar-refractivity contribution in [1.29, 1.82) is 0 Å². The molecule has 0 atom stereocenters. The highest BCUT2D eigenvalue weighted by molar-refractivity contribution is 8.18. The summed E-state index contributed by atoms with van der Waals surface area (Å²) in [6, 6.07) is 11.6. The number of imide groups is 1. The second-order valence-corrected chi connectivity index (χ2v) is 5.80. The van der Waals surface area contributed by atoms with Gasteiger partial charge < -0.3 is 4.42 Å². The Morgan fingerprint density at radius 2 is 1.81 bits per heavy atom. The van der Waals surface area contributed by atoms with Gasteiger partial charge in [0, 0.05) is 18.7 Å². The van der Waals surface area contributed by atoms with Crippen molar-refractivity contribution in [1.82, 2.24) is 4.90 Å². The summed E-state index contributed by atoms with van der Waals surface area (Å²) in [5, 5.41) is -0.267. The van der Waals surface area contributed by atoms with Crippen molar-refractivity contribution in [3.8, 4) is 11.3 Å². The largest absolute Gasteiger partial charge is 0.457 e. The van der Waals surface area contributed by atoms with E-state index in [0.717, 1.165) is 28.0 Å². The fourth-order valence-corrected chi connectivity index (χ4v) is 2.79. The lowest BCUT2D eigenvalue weighted by Crippen LogP contribution is -2.22. The summed E-state index contributed by atoms with van der Waals surface area (Å²) in [5.41, 5.74) is 2.16. The van der Waals surface area contributed by atoms with E-state index in [2.05, 4.69) is 0 Å². The Morgan fingerprint density at radius 1 is 1.10 bits per heavy atom. The molecule has 0 bridgehead atoms. The summed E-state index contributed by atoms with van der Waals surface area (Å²) >= 11 is 0.922. The van der Waals surface area contributed by atoms with Crippen molar-refractivity contribution in [2.75, 3.05) is 7.05 Å². The maximum absolute atomic E-state index is 11.8. The highest BCUT2D eigenvalue weighted by Gasteiger charge is 2.32. The molecule has 106 valence electrons. The minimum atomic E-state index is -0.293. The van der Waals surface area contributed by atoms with E-state index in [-0.39, 0.29) is 11.1 Å². The zero-order valence-corrected chi connectivity index (χ0v) is 12.4. The Kier molecular flexibility index (Phi) is 3.43. The number of nitrogens with zero attached hydrogens (tertiary/aromatic N) is 1. The third kappa shape index (κ3) is 2.64. The van der Waals surface area contributed by atoms with E-state index < -0.39 is 0 Å². The number of hydrogen-bond acceptors (Lipinski definition) is 4. The van der Waals surface area contributed by atoms with E-state index in [0.29, 0.717) is 10.7 Å². The third-order valence-electron chi connectivity index (χ3n) is 3.22. The number of amides is 2. The summed E-state index contributed by atoms with van der Waals surface area (Å²) in [6.45, 7) is 2.03. The van der Waals surface area contributed by atoms with Crippen LogP contribution in [0.4, 0.5) is 4.79 Å². The molecule has 0 radical (unpaired) electrons. The number of rotatable bonds is 2. The molecule has 0 unspecified atom stereocenters. The van der Waals surface area contributed by atoms with Crippen LogP contribution in [0, 0.1) is 6.92 Å². The predicted octanol–water partition coefficient (Wildman–Crippen LogP) is 3.92. The Bertz CT molecular complexity index is 743. The maximum atomic E-state index is 11.8. The molecule has 2 heterocycles. The first-order valence-electron chi connectivity index (χ1n) is 6.43. The molecule has 1 aromatic carbocycles. The van der Waals surface area contributed by atoms with Crippen molar-refractivity contribution in [3.05, 3.63) is 52.6 Å². The van der Waals surface area contributed by atoms with Gasteiger partial charge in [-0.1, -0.05) is 29.8 Å². The van der Waals surface area contributed by atoms with Crippen LogP contribution in [-0.4, -0.2) is 23.1 Å². The molecule has 1 aromatic heterocycles. The zero-order valence-electron chi connectivity index (χ0n) is 11.6. The van der Waals surface area contributed by atoms with Crippen LogP contribution < -0.4 is 0 Å². The SMILES string of the molecule is Cc1ccc(-c2ccc(C=C3SC(=O)N(C)C3=O)o2)cc1. The van der Waals surface area contributed by atoms with E-state index in [1.54, 1.807) is 12.1 Å². The van der Waals surface area contributed by atoms with Gasteiger partial charge in [0.2, 0.25) is 0 Å². The second kappa shape index (κ2) is 5.26. The number of carbonyl (C=O) groups is 2. The van der Waals surface area contributed by atoms with Gasteiger partial charge >= 0.3 is 0 Å². The van der Waals surface area contributed by atoms with E-state index in [9.17, 15) is 9.59 Å². The van der Waals surface area contributed by atoms with Gasteiger partial charge in [-0.15, -0.1) is 0 Å². The molecule has 1 fully saturated rings. The van der Waals surface area contributed by atoms with Gasteiger partial charge in [-0.3, -0.25) is 14.5 Å². The van der Waals surface area contributed by atoms with Crippen molar-refractivity contribution in [2.24, 2.45) is 0 Å². The Hall–Kier alpha value is -2.27. The lowest BCUT2D eigenvalue weighted by atomic mass is 10.1. The minimum absolute atomic E-state index is 0.267. The van der Waals surface area contributed by atoms with Gasteiger partial charge in [-0.25, -0.2) is 0 Å². The number of aryl methyl sites for hydroxylation is 1. The minimum Gasteiger partial charge on any atom is -0.457 e. The van der Waals surface area contributed by atoms with Crippen LogP contribution in [0.25, 0.3) is 17.4 Å². The zero-order chi connectivity index (χ0) is 15.0. The first kappa shape index (κ1) is 13.7. The molecule has 0 spiro atoms. The van der Waals surface area contributed by atoms with E-state index >= 15 is 0 Å². The third-order valence-corrected chi connectivity index (χ3v) is 4.18. The number of furan rings is 1. The second-order valence-electron chi connectivity index (χ2n) is 4.81. The highest BCUT2D eigenvalue weighted by Crippen LogP contribution is 2.32. The number of likely N-dealkylation sites (N-methyl/N-ethyl adjacent to an activating group) is 1. The van der Waals surface area contributed by atoms with Gasteiger partial charge in [0.1, 0.15) is 11.5 Å². The van der Waals surface area contributed by atoms with Crippen molar-refractivity contribution in [3.63, 3.8) is 0 Å². The van der Waals surface area contributed by atoms with Gasteiger partial charge in [0.25, 0.3) is 11.1 Å². The van der Waals surface area contributed by atoms with Crippen LogP contribution in [-0.2, 0) is 4.79 Å². The molecular formula is C16H13NO3S. The molecule has 1 aliphatic heterocycles. The van der Waals surface area contributed by atoms with Crippen LogP contribution in [0.3, 0.4) is 0 Å². The number of benzene rings is 1. The molecule has 0 aliphatic carbocycles. The fraction of sp³-hybridized carbons (Fsp3) is 0.125. The van der Waals surface area contributed by atoms with Gasteiger partial charge in [-0.2, -0.15) is 0 Å². The van der Waals surface area contributed by atoms with E-state index in [1.807, 2.05) is 37.3 Å². The smallest absolute Gasteiger partial charge is 0.293 e. The molecule has 1 saturated heterocycles. The summed E-state index contributed by atoms with van der Waals surface area (Å²) < 4.78 is 5.72. The fourth-order valence-electron chi connectivity index (χ4n) is 1.98. The molecule has 0 saturated carbocycles. The van der Waals surface area contributed by atoms with Crippen LogP contribution in [0.5, 0.6) is 0 Å². The average Bonchev–Trinajstić information content (AvgIpc) is 3.02. The van der Waals surface area contributed by atoms with Crippen LogP contribution in [0.1, 0.15) is 11.3 Å². The Balaban J connectivity index is 1.87. The van der Waals surface area contributed by atoms with Crippen molar-refractivity contribution < 1.29 is 14.0 Å². The normalized spacial score (nSPS) is 17.0. The summed E-state index contributed by atoms with van der Waals surface area (Å²) in [7, 11) is 1.47. The van der Waals surface area contributed by atoms with Crippen LogP contribution >= 0.6 is 11.8 Å². The predicted molar refractivity (Wildman–Crippen MR) is 82.6 cm³/mol. The molecule has 2 aromatic rings. The summed E-state index contributed by atoms with van der Waals surface area (Å²) in [5.74, 6) is 1.000. The molecular weight excluding hydrogens is 286 g/mol. The van der Waals surface area contributed by atoms with E-state index in [1.165, 1.54) is 12.6 Å². The molecule has 3 rings (SSSR count). The standard InChI is InChI=1S/C16H13NO3S/c1-10-3-5-11(6-4-10)13-8-7-12(20-13)9-14-15(18)17(2)16(19)21-14/h3-9H,1-2H3. The number of carbonyl (C=O) groups excluding carboxylic acids is 2. The first-order chi connectivity index (χ1) is 10.0. The monoisotopic (exact) mass is 299 g/mol. The van der Waals surface area contributed by atoms with Gasteiger partial charge in [0.05, 0.1) is 4.91 Å². The van der Waals surface area contributed by atoms with E-state index in [4.69, 9.17) is 4.42 Å². The quantitative estimate of drug-likeness (QED) is 0.789. The molecule has 0 N–H and O–H groups in total. The summed E-state index contributed by atoms with van der Waals surface area (Å²) in [6.07, 6.45) is 1.60.